The lowest BCUT2D eigenvalue weighted by atomic mass is 10.1. The van der Waals surface area contributed by atoms with Crippen LogP contribution in [0.15, 0.2) is 71.3 Å². The lowest BCUT2D eigenvalue weighted by Crippen LogP contribution is -2.24. The molecule has 152 valence electrons. The molecule has 5 nitrogen and oxygen atoms in total. The van der Waals surface area contributed by atoms with Crippen molar-refractivity contribution in [3.63, 3.8) is 0 Å². The third-order valence-corrected chi connectivity index (χ3v) is 4.42. The lowest BCUT2D eigenvalue weighted by molar-refractivity contribution is -0.137. The maximum absolute atomic E-state index is 13.1. The number of hydrogen-bond acceptors (Lipinski definition) is 3. The Morgan fingerprint density at radius 1 is 1.10 bits per heavy atom. The van der Waals surface area contributed by atoms with Crippen LogP contribution in [-0.4, -0.2) is 15.9 Å². The molecule has 4 aromatic rings. The fourth-order valence-corrected chi connectivity index (χ4v) is 2.97. The summed E-state index contributed by atoms with van der Waals surface area (Å²) in [6, 6.07) is 15.4. The first-order valence-electron chi connectivity index (χ1n) is 9.05. The molecule has 2 heterocycles. The topological polar surface area (TPSA) is 70.9 Å². The lowest BCUT2D eigenvalue weighted by Gasteiger charge is -2.09. The smallest absolute Gasteiger partial charge is 0.416 e. The average molecular weight is 411 g/mol. The summed E-state index contributed by atoms with van der Waals surface area (Å²) in [5.41, 5.74) is 0.893. The minimum atomic E-state index is -4.48. The number of benzene rings is 2. The Bertz CT molecular complexity index is 1170. The second-order valence-electron chi connectivity index (χ2n) is 6.55. The fourth-order valence-electron chi connectivity index (χ4n) is 2.97. The highest BCUT2D eigenvalue weighted by molar-refractivity contribution is 6.23. The number of hydrogen-bond donors (Lipinski definition) is 2. The number of imidazole rings is 1. The molecule has 0 saturated heterocycles. The van der Waals surface area contributed by atoms with Gasteiger partial charge in [-0.2, -0.15) is 13.2 Å². The van der Waals surface area contributed by atoms with Crippen LogP contribution in [0.1, 0.15) is 22.7 Å². The van der Waals surface area contributed by atoms with Gasteiger partial charge in [-0.15, -0.1) is 0 Å². The summed E-state index contributed by atoms with van der Waals surface area (Å²) in [6.07, 6.45) is -1.62. The van der Waals surface area contributed by atoms with E-state index in [0.717, 1.165) is 12.1 Å². The number of nitrogens with one attached hydrogen (secondary N) is 2. The molecule has 2 N–H and O–H groups in total. The number of carbonyl (C=O) groups is 1. The molecular weight excluding hydrogens is 395 g/mol. The van der Waals surface area contributed by atoms with Gasteiger partial charge in [-0.05, 0) is 48.0 Å². The van der Waals surface area contributed by atoms with E-state index in [2.05, 4.69) is 15.3 Å². The monoisotopic (exact) mass is 411 g/mol. The molecule has 0 spiro atoms. The molecule has 0 saturated carbocycles. The first-order valence-corrected chi connectivity index (χ1v) is 9.05. The number of halogens is 3. The van der Waals surface area contributed by atoms with Gasteiger partial charge in [0.2, 0.25) is 0 Å². The highest BCUT2D eigenvalue weighted by atomic mass is 19.4. The van der Waals surface area contributed by atoms with E-state index in [1.54, 1.807) is 30.3 Å². The van der Waals surface area contributed by atoms with Crippen LogP contribution in [0.5, 0.6) is 0 Å². The average Bonchev–Trinajstić information content (AvgIpc) is 3.39. The number of fused-ring (bicyclic) bond motifs is 1. The first kappa shape index (κ1) is 19.5. The van der Waals surface area contributed by atoms with E-state index in [-0.39, 0.29) is 23.5 Å². The summed E-state index contributed by atoms with van der Waals surface area (Å²) in [5.74, 6) is 0.305. The number of nitrogens with zero attached hydrogens (tertiary/aromatic N) is 1. The summed E-state index contributed by atoms with van der Waals surface area (Å²) in [7, 11) is 0. The van der Waals surface area contributed by atoms with E-state index < -0.39 is 17.6 Å². The number of aromatic amines is 1. The zero-order valence-electron chi connectivity index (χ0n) is 15.5. The van der Waals surface area contributed by atoms with Crippen molar-refractivity contribution in [2.75, 3.05) is 0 Å². The Morgan fingerprint density at radius 3 is 2.67 bits per heavy atom. The minimum absolute atomic E-state index is 0.108. The first-order chi connectivity index (χ1) is 14.4. The molecule has 0 aliphatic heterocycles. The van der Waals surface area contributed by atoms with Gasteiger partial charge in [0.25, 0.3) is 5.91 Å². The number of H-pyrrole nitrogens is 1. The molecular formula is C22H16F3N3O2. The van der Waals surface area contributed by atoms with Crippen molar-refractivity contribution in [2.24, 2.45) is 0 Å². The van der Waals surface area contributed by atoms with Crippen LogP contribution in [0.2, 0.25) is 0 Å². The summed E-state index contributed by atoms with van der Waals surface area (Å²) >= 11 is 0. The summed E-state index contributed by atoms with van der Waals surface area (Å²) in [4.78, 5) is 20.4. The van der Waals surface area contributed by atoms with E-state index in [9.17, 15) is 18.0 Å². The van der Waals surface area contributed by atoms with E-state index in [1.165, 1.54) is 24.5 Å². The van der Waals surface area contributed by atoms with Crippen molar-refractivity contribution >= 4 is 28.6 Å². The van der Waals surface area contributed by atoms with Gasteiger partial charge in [0.05, 0.1) is 35.0 Å². The summed E-state index contributed by atoms with van der Waals surface area (Å²) in [5, 5.41) is 2.71. The van der Waals surface area contributed by atoms with E-state index in [0.29, 0.717) is 16.8 Å². The molecule has 2 aromatic carbocycles. The van der Waals surface area contributed by atoms with Crippen molar-refractivity contribution in [1.29, 1.82) is 0 Å². The molecule has 0 atom stereocenters. The van der Waals surface area contributed by atoms with Crippen LogP contribution in [0.3, 0.4) is 0 Å². The van der Waals surface area contributed by atoms with Crippen LogP contribution in [0, 0.1) is 0 Å². The van der Waals surface area contributed by atoms with E-state index >= 15 is 0 Å². The SMILES string of the molecule is O=C(NCc1ccco1)/C(=C/c1cccc(C(F)(F)F)c1)c1nc2ccccc2[nH]1. The van der Waals surface area contributed by atoms with Gasteiger partial charge in [0.15, 0.2) is 0 Å². The van der Waals surface area contributed by atoms with Crippen LogP contribution in [0.25, 0.3) is 22.7 Å². The highest BCUT2D eigenvalue weighted by Crippen LogP contribution is 2.30. The third kappa shape index (κ3) is 4.27. The van der Waals surface area contributed by atoms with Gasteiger partial charge in [-0.3, -0.25) is 4.79 Å². The van der Waals surface area contributed by atoms with E-state index in [1.807, 2.05) is 6.07 Å². The van der Waals surface area contributed by atoms with Gasteiger partial charge in [0.1, 0.15) is 11.6 Å². The van der Waals surface area contributed by atoms with Crippen molar-refractivity contribution in [3.8, 4) is 0 Å². The quantitative estimate of drug-likeness (QED) is 0.453. The Balaban J connectivity index is 1.73. The van der Waals surface area contributed by atoms with E-state index in [4.69, 9.17) is 4.42 Å². The molecule has 0 unspecified atom stereocenters. The largest absolute Gasteiger partial charge is 0.467 e. The number of para-hydroxylation sites is 2. The number of rotatable bonds is 5. The molecule has 0 bridgehead atoms. The molecule has 30 heavy (non-hydrogen) atoms. The Labute approximate surface area is 169 Å². The maximum atomic E-state index is 13.1. The molecule has 0 fully saturated rings. The molecule has 0 radical (unpaired) electrons. The number of alkyl halides is 3. The Morgan fingerprint density at radius 2 is 1.93 bits per heavy atom. The predicted octanol–water partition coefficient (Wildman–Crippen LogP) is 5.03. The van der Waals surface area contributed by atoms with Crippen molar-refractivity contribution in [1.82, 2.24) is 15.3 Å². The second-order valence-corrected chi connectivity index (χ2v) is 6.55. The molecule has 8 heteroatoms. The Hall–Kier alpha value is -3.81. The van der Waals surface area contributed by atoms with Crippen LogP contribution >= 0.6 is 0 Å². The van der Waals surface area contributed by atoms with Gasteiger partial charge < -0.3 is 14.7 Å². The van der Waals surface area contributed by atoms with Crippen LogP contribution < -0.4 is 5.32 Å². The second kappa shape index (κ2) is 7.90. The molecule has 1 amide bonds. The number of carbonyl (C=O) groups excluding carboxylic acids is 1. The van der Waals surface area contributed by atoms with Crippen LogP contribution in [-0.2, 0) is 17.5 Å². The molecule has 2 aromatic heterocycles. The molecule has 0 aliphatic rings. The third-order valence-electron chi connectivity index (χ3n) is 4.42. The predicted molar refractivity (Wildman–Crippen MR) is 106 cm³/mol. The maximum Gasteiger partial charge on any atom is 0.416 e. The highest BCUT2D eigenvalue weighted by Gasteiger charge is 2.30. The zero-order valence-corrected chi connectivity index (χ0v) is 15.5. The normalized spacial score (nSPS) is 12.3. The van der Waals surface area contributed by atoms with Crippen molar-refractivity contribution in [2.45, 2.75) is 12.7 Å². The van der Waals surface area contributed by atoms with Crippen molar-refractivity contribution in [3.05, 3.63) is 89.6 Å². The molecule has 0 aliphatic carbocycles. The summed E-state index contributed by atoms with van der Waals surface area (Å²) < 4.78 is 44.4. The standard InChI is InChI=1S/C22H16F3N3O2/c23-22(24,25)15-6-3-5-14(11-15)12-17(21(29)26-13-16-7-4-10-30-16)20-27-18-8-1-2-9-19(18)28-20/h1-12H,13H2,(H,26,29)(H,27,28)/b17-12+. The fraction of sp³-hybridized carbons (Fsp3) is 0.0909. The minimum Gasteiger partial charge on any atom is -0.467 e. The Kier molecular flexibility index (Phi) is 5.14. The number of amides is 1. The summed E-state index contributed by atoms with van der Waals surface area (Å²) in [6.45, 7) is 0.131. The number of furan rings is 1. The van der Waals surface area contributed by atoms with Gasteiger partial charge in [-0.25, -0.2) is 4.98 Å². The number of aromatic nitrogens is 2. The zero-order chi connectivity index (χ0) is 21.1. The van der Waals surface area contributed by atoms with Gasteiger partial charge in [-0.1, -0.05) is 24.3 Å². The molecule has 4 rings (SSSR count). The van der Waals surface area contributed by atoms with Gasteiger partial charge in [0, 0.05) is 0 Å². The van der Waals surface area contributed by atoms with Gasteiger partial charge >= 0.3 is 6.18 Å². The van der Waals surface area contributed by atoms with Crippen LogP contribution in [0.4, 0.5) is 13.2 Å². The van der Waals surface area contributed by atoms with Crippen molar-refractivity contribution < 1.29 is 22.4 Å².